The fraction of sp³-hybridized carbons (Fsp3) is 0.500. The Hall–Kier alpha value is -3.40. The van der Waals surface area contributed by atoms with Crippen molar-refractivity contribution in [3.63, 3.8) is 0 Å². The number of fused-ring (bicyclic) bond motifs is 2. The number of pyridine rings is 1. The highest BCUT2D eigenvalue weighted by atomic mass is 31.2. The van der Waals surface area contributed by atoms with E-state index in [0.29, 0.717) is 5.52 Å². The quantitative estimate of drug-likeness (QED) is 0.0827. The molecule has 0 aliphatic carbocycles. The number of nitrogens with zero attached hydrogens (tertiary/aromatic N) is 7. The Morgan fingerprint density at radius 1 is 1.07 bits per heavy atom. The number of nitrogens with two attached hydrogens (primary N) is 2. The Labute approximate surface area is 244 Å². The van der Waals surface area contributed by atoms with Crippen LogP contribution in [0.5, 0.6) is 0 Å². The van der Waals surface area contributed by atoms with Gasteiger partial charge >= 0.3 is 15.9 Å². The van der Waals surface area contributed by atoms with Crippen LogP contribution in [0.15, 0.2) is 23.4 Å². The zero-order valence-corrected chi connectivity index (χ0v) is 24.0. The van der Waals surface area contributed by atoms with Gasteiger partial charge in [0.1, 0.15) is 36.2 Å². The van der Waals surface area contributed by atoms with Crippen LogP contribution in [0.25, 0.3) is 22.2 Å². The first kappa shape index (κ1) is 30.6. The molecule has 2 aliphatic rings. The number of aliphatic hydroxyl groups is 3. The highest BCUT2D eigenvalue weighted by Crippen LogP contribution is 2.57. The van der Waals surface area contributed by atoms with Gasteiger partial charge in [-0.2, -0.15) is 4.98 Å². The number of H-pyrrole nitrogens is 1. The first-order valence-electron chi connectivity index (χ1n) is 12.7. The Morgan fingerprint density at radius 2 is 1.80 bits per heavy atom. The molecule has 2 fully saturated rings. The SMILES string of the molecule is Nc1nc2c(ncn2[C@@H]2O[C@H](CO[PH](=O)O)[C@@H](O)[C@H]2P(=O)(O)OC[C@H]2O[C@@H](n3nnc4c(N)nccc43)[C@H](O)[C@@H]2O)c(=O)[nH]1. The van der Waals surface area contributed by atoms with Crippen molar-refractivity contribution in [2.75, 3.05) is 24.7 Å². The van der Waals surface area contributed by atoms with Crippen molar-refractivity contribution in [2.45, 2.75) is 48.6 Å². The van der Waals surface area contributed by atoms with Crippen molar-refractivity contribution in [1.82, 2.24) is 39.5 Å². The number of hydrogen-bond donors (Lipinski definition) is 8. The lowest BCUT2D eigenvalue weighted by Crippen LogP contribution is -2.36. The van der Waals surface area contributed by atoms with Crippen molar-refractivity contribution in [3.8, 4) is 0 Å². The van der Waals surface area contributed by atoms with E-state index < -0.39 is 83.3 Å². The van der Waals surface area contributed by atoms with Crippen LogP contribution in [0.1, 0.15) is 12.5 Å². The Bertz CT molecular complexity index is 1830. The summed E-state index contributed by atoms with van der Waals surface area (Å²) in [5.41, 5.74) is 9.10. The number of nitrogen functional groups attached to an aromatic ring is 2. The molecule has 10 atom stereocenters. The number of rotatable bonds is 9. The van der Waals surface area contributed by atoms with E-state index in [0.717, 1.165) is 15.6 Å². The summed E-state index contributed by atoms with van der Waals surface area (Å²) in [4.78, 5) is 46.6. The van der Waals surface area contributed by atoms with E-state index in [9.17, 15) is 34.1 Å². The number of nitrogens with one attached hydrogen (secondary N) is 1. The largest absolute Gasteiger partial charge is 0.389 e. The number of aromatic amines is 1. The van der Waals surface area contributed by atoms with Crippen LogP contribution in [-0.4, -0.2) is 114 Å². The van der Waals surface area contributed by atoms with Crippen LogP contribution in [0, 0.1) is 0 Å². The second kappa shape index (κ2) is 11.5. The minimum Gasteiger partial charge on any atom is -0.389 e. The van der Waals surface area contributed by atoms with E-state index in [1.807, 2.05) is 0 Å². The third kappa shape index (κ3) is 5.29. The molecule has 2 unspecified atom stereocenters. The lowest BCUT2D eigenvalue weighted by molar-refractivity contribution is -0.0555. The first-order valence-corrected chi connectivity index (χ1v) is 15.6. The second-order valence-corrected chi connectivity index (χ2v) is 12.7. The van der Waals surface area contributed by atoms with E-state index in [2.05, 4.69) is 34.8 Å². The van der Waals surface area contributed by atoms with Gasteiger partial charge in [-0.1, -0.05) is 5.21 Å². The van der Waals surface area contributed by atoms with Crippen molar-refractivity contribution < 1.29 is 52.8 Å². The molecule has 22 nitrogen and oxygen atoms in total. The third-order valence-electron chi connectivity index (χ3n) is 7.23. The van der Waals surface area contributed by atoms with Gasteiger partial charge < -0.3 is 55.1 Å². The van der Waals surface area contributed by atoms with E-state index in [4.69, 9.17) is 30.4 Å². The monoisotopic (exact) mass is 660 g/mol. The number of aromatic nitrogens is 8. The standard InChI is InChI=1S/C20H26N10O12P2/c21-15-9-6(1-2-23-15)30(28-27-9)18-13(33)11(31)8(41-18)4-40-44(37,38)14-12(32)7(3-39-43(35)36)42-19(14)29-5-24-10-16(29)25-20(22)26-17(10)34/h1-2,5,7-8,11-14,18-19,31-33,43H,3-4H2,(H2,21,23)(H,35,36)(H,37,38)(H3,22,25,26,34)/t7-,8-,11-,12-,13-,14-,18-,19-/m1/s1. The Morgan fingerprint density at radius 3 is 2.55 bits per heavy atom. The predicted molar refractivity (Wildman–Crippen MR) is 145 cm³/mol. The number of hydrogen-bond acceptors (Lipinski definition) is 17. The number of aliphatic hydroxyl groups excluding tert-OH is 3. The molecule has 44 heavy (non-hydrogen) atoms. The predicted octanol–water partition coefficient (Wildman–Crippen LogP) is -3.03. The van der Waals surface area contributed by atoms with E-state index >= 15 is 0 Å². The molecule has 6 heterocycles. The zero-order valence-electron chi connectivity index (χ0n) is 22.1. The van der Waals surface area contributed by atoms with Crippen molar-refractivity contribution in [1.29, 1.82) is 0 Å². The maximum atomic E-state index is 13.7. The van der Waals surface area contributed by atoms with Crippen LogP contribution in [0.2, 0.25) is 0 Å². The van der Waals surface area contributed by atoms with Gasteiger partial charge in [0.2, 0.25) is 5.95 Å². The molecule has 0 amide bonds. The summed E-state index contributed by atoms with van der Waals surface area (Å²) in [5, 5.41) is 40.2. The smallest absolute Gasteiger partial charge is 0.338 e. The highest BCUT2D eigenvalue weighted by Gasteiger charge is 2.56. The summed E-state index contributed by atoms with van der Waals surface area (Å²) in [6.07, 6.45) is -8.28. The molecule has 24 heteroatoms. The third-order valence-corrected chi connectivity index (χ3v) is 9.48. The molecular weight excluding hydrogens is 634 g/mol. The molecule has 0 saturated carbocycles. The van der Waals surface area contributed by atoms with Crippen LogP contribution in [0.4, 0.5) is 11.8 Å². The summed E-state index contributed by atoms with van der Waals surface area (Å²) in [6.45, 7) is -1.43. The maximum absolute atomic E-state index is 13.7. The van der Waals surface area contributed by atoms with E-state index in [1.54, 1.807) is 0 Å². The number of ether oxygens (including phenoxy) is 2. The Balaban J connectivity index is 1.26. The average Bonchev–Trinajstić information content (AvgIpc) is 3.72. The molecule has 4 aromatic heterocycles. The molecule has 10 N–H and O–H groups in total. The fourth-order valence-corrected chi connectivity index (χ4v) is 7.10. The summed E-state index contributed by atoms with van der Waals surface area (Å²) in [6, 6.07) is 1.51. The van der Waals surface area contributed by atoms with Crippen molar-refractivity contribution >= 4 is 49.8 Å². The van der Waals surface area contributed by atoms with Crippen molar-refractivity contribution in [3.05, 3.63) is 28.9 Å². The second-order valence-electron chi connectivity index (χ2n) is 9.90. The van der Waals surface area contributed by atoms with Gasteiger partial charge in [-0.3, -0.25) is 23.5 Å². The van der Waals surface area contributed by atoms with Gasteiger partial charge in [-0.15, -0.1) is 5.10 Å². The molecule has 238 valence electrons. The van der Waals surface area contributed by atoms with E-state index in [1.165, 1.54) is 12.3 Å². The molecule has 4 aromatic rings. The highest BCUT2D eigenvalue weighted by molar-refractivity contribution is 7.53. The molecule has 6 rings (SSSR count). The summed E-state index contributed by atoms with van der Waals surface area (Å²) in [7, 11) is -8.47. The van der Waals surface area contributed by atoms with Gasteiger partial charge in [-0.05, 0) is 6.07 Å². The first-order chi connectivity index (χ1) is 20.9. The topological polar surface area (TPSA) is 331 Å². The average molecular weight is 660 g/mol. The minimum atomic E-state index is -4.99. The minimum absolute atomic E-state index is 0.0677. The maximum Gasteiger partial charge on any atom is 0.338 e. The summed E-state index contributed by atoms with van der Waals surface area (Å²) in [5.74, 6) is -0.237. The van der Waals surface area contributed by atoms with Gasteiger partial charge in [-0.25, -0.2) is 14.6 Å². The molecule has 0 aromatic carbocycles. The van der Waals surface area contributed by atoms with Gasteiger partial charge in [0.25, 0.3) is 5.56 Å². The normalized spacial score (nSPS) is 31.1. The zero-order chi connectivity index (χ0) is 31.5. The molecule has 0 bridgehead atoms. The Kier molecular flexibility index (Phi) is 8.01. The van der Waals surface area contributed by atoms with Gasteiger partial charge in [0.05, 0.1) is 25.1 Å². The van der Waals surface area contributed by atoms with Gasteiger partial charge in [0, 0.05) is 6.20 Å². The molecule has 2 saturated heterocycles. The van der Waals surface area contributed by atoms with Crippen LogP contribution in [-0.2, 0) is 27.7 Å². The van der Waals surface area contributed by atoms with E-state index in [-0.39, 0.29) is 28.4 Å². The molecule has 0 spiro atoms. The van der Waals surface area contributed by atoms with Gasteiger partial charge in [0.15, 0.2) is 35.0 Å². The lowest BCUT2D eigenvalue weighted by atomic mass is 10.1. The van der Waals surface area contributed by atoms with Crippen LogP contribution < -0.4 is 17.0 Å². The fourth-order valence-electron chi connectivity index (χ4n) is 5.14. The lowest BCUT2D eigenvalue weighted by Gasteiger charge is -2.27. The van der Waals surface area contributed by atoms with Crippen LogP contribution in [0.3, 0.4) is 0 Å². The number of anilines is 2. The summed E-state index contributed by atoms with van der Waals surface area (Å²) >= 11 is 0. The van der Waals surface area contributed by atoms with Crippen molar-refractivity contribution in [2.24, 2.45) is 0 Å². The molecule has 0 radical (unpaired) electrons. The molecular formula is C20H26N10O12P2. The summed E-state index contributed by atoms with van der Waals surface area (Å²) < 4.78 is 48.6. The number of imidazole rings is 1. The molecule has 2 aliphatic heterocycles. The van der Waals surface area contributed by atoms with Crippen LogP contribution >= 0.6 is 15.9 Å².